The maximum absolute atomic E-state index is 12.5. The zero-order valence-corrected chi connectivity index (χ0v) is 14.7. The van der Waals surface area contributed by atoms with E-state index in [-0.39, 0.29) is 18.6 Å². The summed E-state index contributed by atoms with van der Waals surface area (Å²) in [5, 5.41) is 16.4. The number of aliphatic hydroxyl groups excluding tert-OH is 1. The summed E-state index contributed by atoms with van der Waals surface area (Å²) in [6, 6.07) is 7.20. The van der Waals surface area contributed by atoms with Crippen LogP contribution in [-0.2, 0) is 13.2 Å². The Morgan fingerprint density at radius 3 is 3.04 bits per heavy atom. The van der Waals surface area contributed by atoms with E-state index in [9.17, 15) is 9.90 Å². The van der Waals surface area contributed by atoms with Crippen LogP contribution in [0.4, 0.5) is 0 Å². The van der Waals surface area contributed by atoms with Crippen LogP contribution < -0.4 is 5.32 Å². The topological polar surface area (TPSA) is 91.5 Å². The fourth-order valence-electron chi connectivity index (χ4n) is 3.42. The number of carbonyl (C=O) groups is 1. The Balaban J connectivity index is 1.33. The van der Waals surface area contributed by atoms with E-state index in [1.165, 1.54) is 0 Å². The van der Waals surface area contributed by atoms with Gasteiger partial charge in [-0.3, -0.25) is 9.69 Å². The van der Waals surface area contributed by atoms with Gasteiger partial charge in [0.1, 0.15) is 0 Å². The molecule has 7 heteroatoms. The molecule has 7 nitrogen and oxygen atoms in total. The highest BCUT2D eigenvalue weighted by Crippen LogP contribution is 2.38. The lowest BCUT2D eigenvalue weighted by Crippen LogP contribution is -2.47. The SMILES string of the molecule is O=C(NC1CCCN(Cc2noc(C3CC3)n2)C1)c1cccc(CO)c1. The first-order valence-electron chi connectivity index (χ1n) is 9.27. The van der Waals surface area contributed by atoms with Gasteiger partial charge in [-0.1, -0.05) is 17.3 Å². The number of rotatable bonds is 6. The number of hydrogen-bond donors (Lipinski definition) is 2. The number of nitrogens with zero attached hydrogens (tertiary/aromatic N) is 3. The number of aromatic nitrogens is 2. The highest BCUT2D eigenvalue weighted by Gasteiger charge is 2.30. The molecule has 0 bridgehead atoms. The fraction of sp³-hybridized carbons (Fsp3) is 0.526. The van der Waals surface area contributed by atoms with Crippen molar-refractivity contribution < 1.29 is 14.4 Å². The minimum Gasteiger partial charge on any atom is -0.392 e. The molecule has 1 amide bonds. The van der Waals surface area contributed by atoms with Crippen molar-refractivity contribution in [2.45, 2.75) is 50.8 Å². The van der Waals surface area contributed by atoms with Crippen molar-refractivity contribution in [2.75, 3.05) is 13.1 Å². The molecule has 1 atom stereocenters. The molecule has 1 aromatic carbocycles. The molecule has 2 aliphatic rings. The standard InChI is InChI=1S/C19H24N4O3/c24-12-13-3-1-4-15(9-13)18(25)20-16-5-2-8-23(10-16)11-17-21-19(26-22-17)14-6-7-14/h1,3-4,9,14,16,24H,2,5-8,10-12H2,(H,20,25). The molecule has 0 radical (unpaired) electrons. The van der Waals surface area contributed by atoms with Gasteiger partial charge in [-0.05, 0) is 49.9 Å². The van der Waals surface area contributed by atoms with Crippen LogP contribution in [0.1, 0.15) is 59.2 Å². The first kappa shape index (κ1) is 17.2. The third kappa shape index (κ3) is 4.11. The number of carbonyl (C=O) groups excluding carboxylic acids is 1. The fourth-order valence-corrected chi connectivity index (χ4v) is 3.42. The van der Waals surface area contributed by atoms with Crippen molar-refractivity contribution in [1.82, 2.24) is 20.4 Å². The smallest absolute Gasteiger partial charge is 0.251 e. The number of likely N-dealkylation sites (tertiary alicyclic amines) is 1. The highest BCUT2D eigenvalue weighted by atomic mass is 16.5. The van der Waals surface area contributed by atoms with Crippen molar-refractivity contribution in [3.8, 4) is 0 Å². The molecule has 26 heavy (non-hydrogen) atoms. The van der Waals surface area contributed by atoms with Gasteiger partial charge in [0, 0.05) is 24.1 Å². The van der Waals surface area contributed by atoms with Gasteiger partial charge in [0.25, 0.3) is 5.91 Å². The predicted molar refractivity (Wildman–Crippen MR) is 94.4 cm³/mol. The minimum atomic E-state index is -0.0947. The van der Waals surface area contributed by atoms with Gasteiger partial charge < -0.3 is 14.9 Å². The minimum absolute atomic E-state index is 0.0636. The normalized spacial score (nSPS) is 20.9. The largest absolute Gasteiger partial charge is 0.392 e. The third-order valence-corrected chi connectivity index (χ3v) is 4.99. The second-order valence-electron chi connectivity index (χ2n) is 7.23. The summed E-state index contributed by atoms with van der Waals surface area (Å²) in [4.78, 5) is 19.2. The number of hydrogen-bond acceptors (Lipinski definition) is 6. The first-order valence-corrected chi connectivity index (χ1v) is 9.27. The van der Waals surface area contributed by atoms with Crippen LogP contribution in [0.5, 0.6) is 0 Å². The summed E-state index contributed by atoms with van der Waals surface area (Å²) in [6.45, 7) is 2.34. The molecular formula is C19H24N4O3. The quantitative estimate of drug-likeness (QED) is 0.821. The molecule has 1 saturated carbocycles. The van der Waals surface area contributed by atoms with Crippen molar-refractivity contribution in [3.05, 3.63) is 47.1 Å². The third-order valence-electron chi connectivity index (χ3n) is 4.99. The molecule has 0 spiro atoms. The Kier molecular flexibility index (Phi) is 4.99. The van der Waals surface area contributed by atoms with Gasteiger partial charge >= 0.3 is 0 Å². The average molecular weight is 356 g/mol. The van der Waals surface area contributed by atoms with Crippen LogP contribution in [0, 0.1) is 0 Å². The summed E-state index contributed by atoms with van der Waals surface area (Å²) in [7, 11) is 0. The molecule has 1 unspecified atom stereocenters. The zero-order chi connectivity index (χ0) is 17.9. The van der Waals surface area contributed by atoms with Crippen molar-refractivity contribution >= 4 is 5.91 Å². The maximum Gasteiger partial charge on any atom is 0.251 e. The Morgan fingerprint density at radius 2 is 2.23 bits per heavy atom. The molecule has 2 heterocycles. The molecule has 2 aromatic rings. The molecule has 2 fully saturated rings. The van der Waals surface area contributed by atoms with Gasteiger partial charge in [-0.15, -0.1) is 0 Å². The summed E-state index contributed by atoms with van der Waals surface area (Å²) in [6.07, 6.45) is 4.28. The second-order valence-corrected chi connectivity index (χ2v) is 7.23. The van der Waals surface area contributed by atoms with Crippen LogP contribution in [-0.4, -0.2) is 45.2 Å². The van der Waals surface area contributed by atoms with E-state index < -0.39 is 0 Å². The van der Waals surface area contributed by atoms with Crippen LogP contribution in [0.25, 0.3) is 0 Å². The molecular weight excluding hydrogens is 332 g/mol. The summed E-state index contributed by atoms with van der Waals surface area (Å²) < 4.78 is 5.32. The molecule has 1 aliphatic carbocycles. The number of amides is 1. The van der Waals surface area contributed by atoms with Crippen molar-refractivity contribution in [1.29, 1.82) is 0 Å². The lowest BCUT2D eigenvalue weighted by atomic mass is 10.0. The van der Waals surface area contributed by atoms with Gasteiger partial charge in [0.15, 0.2) is 5.82 Å². The van der Waals surface area contributed by atoms with Crippen LogP contribution >= 0.6 is 0 Å². The highest BCUT2D eigenvalue weighted by molar-refractivity contribution is 5.94. The summed E-state index contributed by atoms with van der Waals surface area (Å²) in [5.74, 6) is 1.88. The average Bonchev–Trinajstić information content (AvgIpc) is 3.42. The molecule has 1 aromatic heterocycles. The molecule has 138 valence electrons. The molecule has 2 N–H and O–H groups in total. The number of aliphatic hydroxyl groups is 1. The number of piperidine rings is 1. The van der Waals surface area contributed by atoms with E-state index in [0.717, 1.165) is 56.1 Å². The van der Waals surface area contributed by atoms with Gasteiger partial charge in [0.2, 0.25) is 5.89 Å². The van der Waals surface area contributed by atoms with E-state index in [4.69, 9.17) is 4.52 Å². The second kappa shape index (κ2) is 7.55. The lowest BCUT2D eigenvalue weighted by Gasteiger charge is -2.32. The number of benzene rings is 1. The Labute approximate surface area is 152 Å². The van der Waals surface area contributed by atoms with E-state index in [1.54, 1.807) is 24.3 Å². The van der Waals surface area contributed by atoms with Gasteiger partial charge in [-0.25, -0.2) is 0 Å². The predicted octanol–water partition coefficient (Wildman–Crippen LogP) is 1.83. The Morgan fingerprint density at radius 1 is 1.35 bits per heavy atom. The molecule has 1 aliphatic heterocycles. The van der Waals surface area contributed by atoms with E-state index in [1.807, 2.05) is 0 Å². The Bertz CT molecular complexity index is 772. The van der Waals surface area contributed by atoms with Gasteiger partial charge in [-0.2, -0.15) is 4.98 Å². The van der Waals surface area contributed by atoms with Crippen LogP contribution in [0.15, 0.2) is 28.8 Å². The lowest BCUT2D eigenvalue weighted by molar-refractivity contribution is 0.0899. The maximum atomic E-state index is 12.5. The van der Waals surface area contributed by atoms with Crippen molar-refractivity contribution in [2.24, 2.45) is 0 Å². The molecule has 4 rings (SSSR count). The summed E-state index contributed by atoms with van der Waals surface area (Å²) in [5.41, 5.74) is 1.33. The van der Waals surface area contributed by atoms with E-state index in [0.29, 0.717) is 18.0 Å². The van der Waals surface area contributed by atoms with E-state index in [2.05, 4.69) is 20.4 Å². The monoisotopic (exact) mass is 356 g/mol. The Hall–Kier alpha value is -2.25. The number of nitrogens with one attached hydrogen (secondary N) is 1. The molecule has 1 saturated heterocycles. The van der Waals surface area contributed by atoms with Crippen LogP contribution in [0.3, 0.4) is 0 Å². The van der Waals surface area contributed by atoms with E-state index >= 15 is 0 Å². The zero-order valence-electron chi connectivity index (χ0n) is 14.7. The summed E-state index contributed by atoms with van der Waals surface area (Å²) >= 11 is 0. The first-order chi connectivity index (χ1) is 12.7. The van der Waals surface area contributed by atoms with Gasteiger partial charge in [0.05, 0.1) is 13.2 Å². The van der Waals surface area contributed by atoms with Crippen molar-refractivity contribution in [3.63, 3.8) is 0 Å². The van der Waals surface area contributed by atoms with Crippen LogP contribution in [0.2, 0.25) is 0 Å².